The van der Waals surface area contributed by atoms with Crippen molar-refractivity contribution in [3.63, 3.8) is 0 Å². The van der Waals surface area contributed by atoms with E-state index in [2.05, 4.69) is 12.2 Å². The second-order valence-electron chi connectivity index (χ2n) is 17.2. The molecule has 1 aromatic carbocycles. The molecular formula is C50H79N5O12. The van der Waals surface area contributed by atoms with Crippen LogP contribution in [0.15, 0.2) is 39.9 Å². The van der Waals surface area contributed by atoms with Crippen molar-refractivity contribution in [1.29, 1.82) is 0 Å². The van der Waals surface area contributed by atoms with Gasteiger partial charge in [-0.1, -0.05) is 69.7 Å². The molecule has 0 atom stereocenters. The predicted molar refractivity (Wildman–Crippen MR) is 258 cm³/mol. The Balaban J connectivity index is 0.938. The van der Waals surface area contributed by atoms with E-state index >= 15 is 0 Å². The van der Waals surface area contributed by atoms with E-state index in [4.69, 9.17) is 47.6 Å². The van der Waals surface area contributed by atoms with Gasteiger partial charge in [-0.3, -0.25) is 18.7 Å². The van der Waals surface area contributed by atoms with Crippen molar-refractivity contribution in [3.8, 4) is 11.4 Å². The van der Waals surface area contributed by atoms with Gasteiger partial charge in [0.25, 0.3) is 5.56 Å². The molecule has 5 rings (SSSR count). The highest BCUT2D eigenvalue weighted by Gasteiger charge is 2.26. The average Bonchev–Trinajstić information content (AvgIpc) is 3.73. The van der Waals surface area contributed by atoms with Crippen LogP contribution in [0, 0.1) is 11.8 Å². The lowest BCUT2D eigenvalue weighted by Crippen LogP contribution is -2.43. The second-order valence-corrected chi connectivity index (χ2v) is 17.2. The van der Waals surface area contributed by atoms with Crippen LogP contribution in [0.25, 0.3) is 28.6 Å². The highest BCUT2D eigenvalue weighted by Crippen LogP contribution is 2.29. The van der Waals surface area contributed by atoms with Crippen LogP contribution in [0.2, 0.25) is 0 Å². The molecular weight excluding hydrogens is 863 g/mol. The van der Waals surface area contributed by atoms with Crippen LogP contribution < -0.4 is 16.6 Å². The molecule has 2 aromatic heterocycles. The molecule has 1 amide bonds. The molecule has 1 N–H and O–H groups in total. The third kappa shape index (κ3) is 19.6. The molecule has 2 aliphatic rings. The predicted octanol–water partition coefficient (Wildman–Crippen LogP) is 5.51. The van der Waals surface area contributed by atoms with Gasteiger partial charge in [0.15, 0.2) is 11.2 Å². The summed E-state index contributed by atoms with van der Waals surface area (Å²) in [7, 11) is 1.64. The monoisotopic (exact) mass is 942 g/mol. The summed E-state index contributed by atoms with van der Waals surface area (Å²) in [6.07, 6.45) is 15.5. The molecule has 2 fully saturated rings. The van der Waals surface area contributed by atoms with Crippen molar-refractivity contribution in [2.75, 3.05) is 126 Å². The summed E-state index contributed by atoms with van der Waals surface area (Å²) in [6.45, 7) is 12.4. The minimum atomic E-state index is -0.228. The van der Waals surface area contributed by atoms with Crippen LogP contribution in [0.5, 0.6) is 0 Å². The van der Waals surface area contributed by atoms with Gasteiger partial charge in [0.05, 0.1) is 112 Å². The number of ether oxygens (including phenoxy) is 9. The lowest BCUT2D eigenvalue weighted by atomic mass is 9.89. The number of aromatic nitrogens is 4. The van der Waals surface area contributed by atoms with E-state index in [-0.39, 0.29) is 17.2 Å². The van der Waals surface area contributed by atoms with Gasteiger partial charge in [0.1, 0.15) is 5.82 Å². The van der Waals surface area contributed by atoms with Gasteiger partial charge < -0.3 is 52.5 Å². The SMILES string of the molecule is CCCn1c(-c2ccc(/C=C/C(=O)NCCOCCOCCOCCOCCOCCOCCOCCOCCOC)cc2)nc2c1c(=O)n(CC1CCCCC1)c(=O)n2CC1CCCCC1. The van der Waals surface area contributed by atoms with Crippen LogP contribution in [0.4, 0.5) is 0 Å². The highest BCUT2D eigenvalue weighted by atomic mass is 16.6. The van der Waals surface area contributed by atoms with E-state index in [0.717, 1.165) is 56.1 Å². The first-order valence-corrected chi connectivity index (χ1v) is 24.9. The smallest absolute Gasteiger partial charge is 0.332 e. The summed E-state index contributed by atoms with van der Waals surface area (Å²) in [4.78, 5) is 46.1. The number of carbonyl (C=O) groups is 1. The standard InChI is InChI=1S/C50H79N5O12/c1-3-21-53-46-48(54(39-42-10-6-4-7-11-42)50(58)55(49(46)57)40-43-12-8-5-9-13-43)52-47(53)44-17-14-41(15-18-44)16-19-45(56)51-20-22-60-25-26-62-29-30-64-33-34-66-37-38-67-36-35-65-32-31-63-28-27-61-24-23-59-2/h14-19,42-43H,3-13,20-40H2,1-2H3,(H,51,56)/b19-16+. The number of hydrogen-bond acceptors (Lipinski definition) is 13. The van der Waals surface area contributed by atoms with E-state index in [1.54, 1.807) is 13.2 Å². The zero-order valence-electron chi connectivity index (χ0n) is 40.4. The van der Waals surface area contributed by atoms with Crippen molar-refractivity contribution in [2.24, 2.45) is 11.8 Å². The minimum Gasteiger partial charge on any atom is -0.382 e. The van der Waals surface area contributed by atoms with Crippen molar-refractivity contribution in [3.05, 3.63) is 56.7 Å². The quantitative estimate of drug-likeness (QED) is 0.0572. The largest absolute Gasteiger partial charge is 0.382 e. The maximum absolute atomic E-state index is 14.3. The highest BCUT2D eigenvalue weighted by molar-refractivity contribution is 5.91. The van der Waals surface area contributed by atoms with E-state index in [1.807, 2.05) is 33.4 Å². The molecule has 0 saturated heterocycles. The molecule has 0 bridgehead atoms. The number of imidazole rings is 1. The lowest BCUT2D eigenvalue weighted by molar-refractivity contribution is -0.116. The molecule has 2 heterocycles. The van der Waals surface area contributed by atoms with Gasteiger partial charge >= 0.3 is 5.69 Å². The number of rotatable bonds is 36. The summed E-state index contributed by atoms with van der Waals surface area (Å²) < 4.78 is 54.2. The number of aryl methyl sites for hydroxylation is 1. The molecule has 2 aliphatic carbocycles. The van der Waals surface area contributed by atoms with Crippen LogP contribution in [0.1, 0.15) is 83.1 Å². The molecule has 3 aromatic rings. The van der Waals surface area contributed by atoms with Crippen molar-refractivity contribution in [1.82, 2.24) is 24.0 Å². The van der Waals surface area contributed by atoms with Crippen LogP contribution in [-0.4, -0.2) is 151 Å². The third-order valence-corrected chi connectivity index (χ3v) is 12.1. The first-order valence-electron chi connectivity index (χ1n) is 24.9. The summed E-state index contributed by atoms with van der Waals surface area (Å²) in [5.74, 6) is 1.20. The summed E-state index contributed by atoms with van der Waals surface area (Å²) >= 11 is 0. The second kappa shape index (κ2) is 32.9. The Morgan fingerprint density at radius 1 is 0.612 bits per heavy atom. The number of amides is 1. The molecule has 17 heteroatoms. The van der Waals surface area contributed by atoms with Gasteiger partial charge in [-0.2, -0.15) is 0 Å². The van der Waals surface area contributed by atoms with Gasteiger partial charge in [0, 0.05) is 44.9 Å². The zero-order chi connectivity index (χ0) is 47.2. The van der Waals surface area contributed by atoms with Crippen LogP contribution >= 0.6 is 0 Å². The summed E-state index contributed by atoms with van der Waals surface area (Å²) in [5.41, 5.74) is 2.28. The Morgan fingerprint density at radius 3 is 1.52 bits per heavy atom. The van der Waals surface area contributed by atoms with Gasteiger partial charge in [-0.25, -0.2) is 9.78 Å². The van der Waals surface area contributed by atoms with Crippen LogP contribution in [-0.2, 0) is 67.1 Å². The molecule has 67 heavy (non-hydrogen) atoms. The fourth-order valence-corrected chi connectivity index (χ4v) is 8.54. The number of fused-ring (bicyclic) bond motifs is 1. The molecule has 0 spiro atoms. The van der Waals surface area contributed by atoms with Crippen molar-refractivity contribution >= 4 is 23.1 Å². The van der Waals surface area contributed by atoms with Gasteiger partial charge in [-0.15, -0.1) is 0 Å². The first-order chi connectivity index (χ1) is 33.0. The Labute approximate surface area is 396 Å². The number of nitrogens with zero attached hydrogens (tertiary/aromatic N) is 4. The number of carbonyl (C=O) groups excluding carboxylic acids is 1. The average molecular weight is 942 g/mol. The Hall–Kier alpha value is -3.78. The first kappa shape index (κ1) is 54.2. The Kier molecular flexibility index (Phi) is 26.6. The normalized spacial score (nSPS) is 15.1. The molecule has 0 aliphatic heterocycles. The minimum absolute atomic E-state index is 0.218. The van der Waals surface area contributed by atoms with Crippen molar-refractivity contribution < 1.29 is 47.4 Å². The van der Waals surface area contributed by atoms with Crippen LogP contribution in [0.3, 0.4) is 0 Å². The molecule has 0 radical (unpaired) electrons. The number of nitrogens with one attached hydrogen (secondary N) is 1. The Bertz CT molecular complexity index is 1950. The third-order valence-electron chi connectivity index (χ3n) is 12.1. The topological polar surface area (TPSA) is 174 Å². The van der Waals surface area contributed by atoms with E-state index in [0.29, 0.717) is 167 Å². The summed E-state index contributed by atoms with van der Waals surface area (Å²) in [6, 6.07) is 7.81. The molecule has 376 valence electrons. The van der Waals surface area contributed by atoms with Gasteiger partial charge in [0.2, 0.25) is 5.91 Å². The molecule has 0 unspecified atom stereocenters. The van der Waals surface area contributed by atoms with E-state index in [1.165, 1.54) is 36.3 Å². The number of benzene rings is 1. The number of methoxy groups -OCH3 is 1. The van der Waals surface area contributed by atoms with E-state index in [9.17, 15) is 14.4 Å². The molecule has 17 nitrogen and oxygen atoms in total. The fourth-order valence-electron chi connectivity index (χ4n) is 8.54. The fraction of sp³-hybridized carbons (Fsp3) is 0.720. The summed E-state index contributed by atoms with van der Waals surface area (Å²) in [5, 5.41) is 2.85. The molecule has 2 saturated carbocycles. The maximum atomic E-state index is 14.3. The zero-order valence-corrected chi connectivity index (χ0v) is 40.4. The van der Waals surface area contributed by atoms with E-state index < -0.39 is 0 Å². The Morgan fingerprint density at radius 2 is 1.06 bits per heavy atom. The maximum Gasteiger partial charge on any atom is 0.332 e. The lowest BCUT2D eigenvalue weighted by Gasteiger charge is -2.25. The number of hydrogen-bond donors (Lipinski definition) is 1. The van der Waals surface area contributed by atoms with Gasteiger partial charge in [-0.05, 0) is 55.6 Å². The van der Waals surface area contributed by atoms with Crippen molar-refractivity contribution in [2.45, 2.75) is 97.2 Å².